The molecule has 3 nitrogen and oxygen atoms in total. The van der Waals surface area contributed by atoms with Gasteiger partial charge < -0.3 is 10.6 Å². The smallest absolute Gasteiger partial charge is 0.147 e. The quantitative estimate of drug-likeness (QED) is 0.829. The molecule has 0 radical (unpaired) electrons. The van der Waals surface area contributed by atoms with Crippen LogP contribution < -0.4 is 10.6 Å². The first-order valence-electron chi connectivity index (χ1n) is 7.51. The lowest BCUT2D eigenvalue weighted by molar-refractivity contribution is 0.348. The second-order valence-electron chi connectivity index (χ2n) is 6.00. The molecule has 3 unspecified atom stereocenters. The van der Waals surface area contributed by atoms with Crippen LogP contribution in [0.5, 0.6) is 0 Å². The largest absolute Gasteiger partial charge is 0.369 e. The predicted octanol–water partition coefficient (Wildman–Crippen LogP) is 4.67. The zero-order valence-electron chi connectivity index (χ0n) is 11.8. The Morgan fingerprint density at radius 3 is 2.50 bits per heavy atom. The third-order valence-electron chi connectivity index (χ3n) is 4.69. The van der Waals surface area contributed by atoms with Crippen LogP contribution in [0.15, 0.2) is 6.07 Å². The topological polar surface area (TPSA) is 37.0 Å². The molecule has 0 aliphatic heterocycles. The highest BCUT2D eigenvalue weighted by Crippen LogP contribution is 2.48. The van der Waals surface area contributed by atoms with Crippen LogP contribution in [-0.2, 0) is 0 Å². The van der Waals surface area contributed by atoms with Gasteiger partial charge in [0.2, 0.25) is 0 Å². The Morgan fingerprint density at radius 1 is 1.15 bits per heavy atom. The van der Waals surface area contributed by atoms with Crippen molar-refractivity contribution in [2.75, 3.05) is 23.7 Å². The summed E-state index contributed by atoms with van der Waals surface area (Å²) in [5.41, 5.74) is 0. The van der Waals surface area contributed by atoms with Crippen molar-refractivity contribution in [2.24, 2.45) is 17.8 Å². The predicted molar refractivity (Wildman–Crippen MR) is 85.8 cm³/mol. The van der Waals surface area contributed by atoms with E-state index in [-0.39, 0.29) is 0 Å². The summed E-state index contributed by atoms with van der Waals surface area (Å²) in [4.78, 5) is 4.50. The Kier molecular flexibility index (Phi) is 4.27. The van der Waals surface area contributed by atoms with E-state index in [0.717, 1.165) is 36.7 Å². The molecule has 0 saturated heterocycles. The average molecular weight is 314 g/mol. The monoisotopic (exact) mass is 313 g/mol. The van der Waals surface area contributed by atoms with Crippen molar-refractivity contribution < 1.29 is 0 Å². The maximum atomic E-state index is 6.23. The fourth-order valence-corrected chi connectivity index (χ4v) is 4.23. The second-order valence-corrected chi connectivity index (χ2v) is 6.81. The number of fused-ring (bicyclic) bond motifs is 2. The number of nitrogens with zero attached hydrogens (tertiary/aromatic N) is 1. The van der Waals surface area contributed by atoms with Crippen molar-refractivity contribution in [1.29, 1.82) is 0 Å². The van der Waals surface area contributed by atoms with Crippen LogP contribution >= 0.6 is 23.2 Å². The maximum absolute atomic E-state index is 6.23. The minimum absolute atomic E-state index is 0.572. The SMILES string of the molecule is CCNc1nc(NCC2CC3CCC2C3)c(Cl)cc1Cl. The van der Waals surface area contributed by atoms with Gasteiger partial charge in [-0.1, -0.05) is 29.6 Å². The van der Waals surface area contributed by atoms with Gasteiger partial charge >= 0.3 is 0 Å². The molecule has 1 aromatic heterocycles. The summed E-state index contributed by atoms with van der Waals surface area (Å²) in [5.74, 6) is 4.11. The van der Waals surface area contributed by atoms with Crippen molar-refractivity contribution in [2.45, 2.75) is 32.6 Å². The molecule has 1 heterocycles. The van der Waals surface area contributed by atoms with Crippen LogP contribution in [0.4, 0.5) is 11.6 Å². The fourth-order valence-electron chi connectivity index (χ4n) is 3.74. The van der Waals surface area contributed by atoms with E-state index < -0.39 is 0 Å². The van der Waals surface area contributed by atoms with E-state index in [2.05, 4.69) is 15.6 Å². The van der Waals surface area contributed by atoms with Crippen molar-refractivity contribution >= 4 is 34.8 Å². The van der Waals surface area contributed by atoms with E-state index in [0.29, 0.717) is 15.9 Å². The fraction of sp³-hybridized carbons (Fsp3) is 0.667. The Morgan fingerprint density at radius 2 is 1.90 bits per heavy atom. The van der Waals surface area contributed by atoms with E-state index in [1.807, 2.05) is 6.92 Å². The standard InChI is InChI=1S/C15H21Cl2N3/c1-2-18-14-12(16)7-13(17)15(20-14)19-8-11-6-9-3-4-10(11)5-9/h7,9-11H,2-6,8H2,1H3,(H2,18,19,20). The lowest BCUT2D eigenvalue weighted by atomic mass is 9.89. The molecule has 0 spiro atoms. The van der Waals surface area contributed by atoms with Crippen LogP contribution in [0.1, 0.15) is 32.6 Å². The minimum atomic E-state index is 0.572. The number of hydrogen-bond acceptors (Lipinski definition) is 3. The van der Waals surface area contributed by atoms with Crippen molar-refractivity contribution in [1.82, 2.24) is 4.98 Å². The zero-order chi connectivity index (χ0) is 14.1. The highest BCUT2D eigenvalue weighted by Gasteiger charge is 2.39. The van der Waals surface area contributed by atoms with E-state index in [1.54, 1.807) is 6.07 Å². The molecule has 5 heteroatoms. The molecule has 3 atom stereocenters. The summed E-state index contributed by atoms with van der Waals surface area (Å²) >= 11 is 12.4. The second kappa shape index (κ2) is 5.98. The van der Waals surface area contributed by atoms with Crippen LogP contribution in [-0.4, -0.2) is 18.1 Å². The van der Waals surface area contributed by atoms with Gasteiger partial charge in [-0.15, -0.1) is 0 Å². The van der Waals surface area contributed by atoms with E-state index in [9.17, 15) is 0 Å². The molecule has 2 N–H and O–H groups in total. The summed E-state index contributed by atoms with van der Waals surface area (Å²) in [6, 6.07) is 1.76. The number of rotatable bonds is 5. The number of nitrogens with one attached hydrogen (secondary N) is 2. The van der Waals surface area contributed by atoms with Gasteiger partial charge in [0.1, 0.15) is 11.6 Å². The van der Waals surface area contributed by atoms with Crippen molar-refractivity contribution in [3.8, 4) is 0 Å². The first-order chi connectivity index (χ1) is 9.67. The molecule has 0 amide bonds. The van der Waals surface area contributed by atoms with E-state index in [1.165, 1.54) is 25.7 Å². The third kappa shape index (κ3) is 2.84. The number of aromatic nitrogens is 1. The minimum Gasteiger partial charge on any atom is -0.369 e. The van der Waals surface area contributed by atoms with Gasteiger partial charge in [-0.3, -0.25) is 0 Å². The van der Waals surface area contributed by atoms with Gasteiger partial charge in [0.15, 0.2) is 0 Å². The summed E-state index contributed by atoms with van der Waals surface area (Å²) in [5, 5.41) is 7.75. The third-order valence-corrected chi connectivity index (χ3v) is 5.27. The van der Waals surface area contributed by atoms with Gasteiger partial charge in [0, 0.05) is 13.1 Å². The molecule has 2 saturated carbocycles. The molecule has 1 aromatic rings. The first-order valence-corrected chi connectivity index (χ1v) is 8.26. The Bertz CT molecular complexity index is 492. The van der Waals surface area contributed by atoms with Gasteiger partial charge in [-0.2, -0.15) is 0 Å². The molecule has 2 bridgehead atoms. The van der Waals surface area contributed by atoms with Crippen LogP contribution in [0.3, 0.4) is 0 Å². The summed E-state index contributed by atoms with van der Waals surface area (Å²) in [6.45, 7) is 3.79. The van der Waals surface area contributed by atoms with Crippen molar-refractivity contribution in [3.05, 3.63) is 16.1 Å². The van der Waals surface area contributed by atoms with Crippen LogP contribution in [0.25, 0.3) is 0 Å². The van der Waals surface area contributed by atoms with Gasteiger partial charge in [-0.05, 0) is 50.0 Å². The summed E-state index contributed by atoms with van der Waals surface area (Å²) in [6.07, 6.45) is 5.63. The van der Waals surface area contributed by atoms with Crippen LogP contribution in [0.2, 0.25) is 10.0 Å². The highest BCUT2D eigenvalue weighted by molar-refractivity contribution is 6.37. The van der Waals surface area contributed by atoms with Crippen LogP contribution in [0, 0.1) is 17.8 Å². The lowest BCUT2D eigenvalue weighted by Gasteiger charge is -2.22. The molecular formula is C15H21Cl2N3. The maximum Gasteiger partial charge on any atom is 0.147 e. The van der Waals surface area contributed by atoms with E-state index in [4.69, 9.17) is 23.2 Å². The number of anilines is 2. The Labute approximate surface area is 130 Å². The first kappa shape index (κ1) is 14.3. The molecule has 0 aromatic carbocycles. The number of hydrogen-bond donors (Lipinski definition) is 2. The summed E-state index contributed by atoms with van der Waals surface area (Å²) < 4.78 is 0. The average Bonchev–Trinajstić information content (AvgIpc) is 3.03. The Hall–Kier alpha value is -0.670. The normalized spacial score (nSPS) is 27.9. The van der Waals surface area contributed by atoms with Gasteiger partial charge in [0.05, 0.1) is 10.0 Å². The molecule has 20 heavy (non-hydrogen) atoms. The number of pyridine rings is 1. The lowest BCUT2D eigenvalue weighted by Crippen LogP contribution is -2.20. The molecule has 2 fully saturated rings. The summed E-state index contributed by atoms with van der Waals surface area (Å²) in [7, 11) is 0. The van der Waals surface area contributed by atoms with Gasteiger partial charge in [0.25, 0.3) is 0 Å². The van der Waals surface area contributed by atoms with E-state index >= 15 is 0 Å². The molecule has 2 aliphatic rings. The molecule has 3 rings (SSSR count). The van der Waals surface area contributed by atoms with Gasteiger partial charge in [-0.25, -0.2) is 4.98 Å². The zero-order valence-corrected chi connectivity index (χ0v) is 13.3. The molecule has 110 valence electrons. The Balaban J connectivity index is 1.66. The number of halogens is 2. The highest BCUT2D eigenvalue weighted by atomic mass is 35.5. The molecule has 2 aliphatic carbocycles. The van der Waals surface area contributed by atoms with Crippen molar-refractivity contribution in [3.63, 3.8) is 0 Å². The molecular weight excluding hydrogens is 293 g/mol.